The lowest BCUT2D eigenvalue weighted by Crippen LogP contribution is -2.40. The van der Waals surface area contributed by atoms with Crippen molar-refractivity contribution in [2.24, 2.45) is 16.6 Å². The van der Waals surface area contributed by atoms with Crippen molar-refractivity contribution >= 4 is 5.96 Å². The maximum absolute atomic E-state index is 5.60. The summed E-state index contributed by atoms with van der Waals surface area (Å²) in [5, 5.41) is 0. The van der Waals surface area contributed by atoms with Crippen LogP contribution in [0.5, 0.6) is 0 Å². The number of nitrogens with one attached hydrogen (secondary N) is 1. The number of benzene rings is 1. The molecule has 5 nitrogen and oxygen atoms in total. The predicted octanol–water partition coefficient (Wildman–Crippen LogP) is 0.760. The van der Waals surface area contributed by atoms with Gasteiger partial charge < -0.3 is 10.5 Å². The summed E-state index contributed by atoms with van der Waals surface area (Å²) < 4.78 is 5.60. The highest BCUT2D eigenvalue weighted by Crippen LogP contribution is 2.10. The zero-order valence-corrected chi connectivity index (χ0v) is 10.3. The molecule has 0 bridgehead atoms. The van der Waals surface area contributed by atoms with Gasteiger partial charge in [0.25, 0.3) is 0 Å². The number of ether oxygens (including phenoxy) is 1. The molecular formula is C12H20N4O. The molecule has 1 aromatic carbocycles. The van der Waals surface area contributed by atoms with Crippen molar-refractivity contribution in [2.75, 3.05) is 6.61 Å². The molecule has 0 amide bonds. The van der Waals surface area contributed by atoms with Gasteiger partial charge in [0.2, 0.25) is 5.96 Å². The van der Waals surface area contributed by atoms with Crippen LogP contribution in [0.25, 0.3) is 0 Å². The van der Waals surface area contributed by atoms with Gasteiger partial charge in [-0.3, -0.25) is 5.43 Å². The fourth-order valence-electron chi connectivity index (χ4n) is 1.38. The summed E-state index contributed by atoms with van der Waals surface area (Å²) in [6.45, 7) is 4.91. The fourth-order valence-corrected chi connectivity index (χ4v) is 1.38. The molecular weight excluding hydrogens is 216 g/mol. The van der Waals surface area contributed by atoms with Gasteiger partial charge in [-0.1, -0.05) is 30.3 Å². The minimum Gasteiger partial charge on any atom is -0.374 e. The summed E-state index contributed by atoms with van der Waals surface area (Å²) in [5.41, 5.74) is 8.54. The Bertz CT molecular complexity index is 362. The van der Waals surface area contributed by atoms with Crippen LogP contribution in [0, 0.1) is 0 Å². The van der Waals surface area contributed by atoms with E-state index in [9.17, 15) is 0 Å². The standard InChI is InChI=1S/C12H20N4O/c1-12(2,15-11(13)16-14)9-17-8-10-6-4-3-5-7-10/h3-7H,8-9,14H2,1-2H3,(H3,13,15,16). The highest BCUT2D eigenvalue weighted by atomic mass is 16.5. The van der Waals surface area contributed by atoms with Gasteiger partial charge in [-0.2, -0.15) is 0 Å². The van der Waals surface area contributed by atoms with E-state index in [1.165, 1.54) is 0 Å². The molecule has 0 spiro atoms. The van der Waals surface area contributed by atoms with Crippen LogP contribution < -0.4 is 17.0 Å². The topological polar surface area (TPSA) is 85.7 Å². The molecule has 0 saturated heterocycles. The van der Waals surface area contributed by atoms with Crippen LogP contribution in [0.2, 0.25) is 0 Å². The molecule has 0 unspecified atom stereocenters. The molecule has 5 heteroatoms. The Hall–Kier alpha value is -1.59. The van der Waals surface area contributed by atoms with Crippen molar-refractivity contribution < 1.29 is 4.74 Å². The van der Waals surface area contributed by atoms with Gasteiger partial charge in [-0.05, 0) is 19.4 Å². The zero-order chi connectivity index (χ0) is 12.7. The Balaban J connectivity index is 2.40. The largest absolute Gasteiger partial charge is 0.374 e. The van der Waals surface area contributed by atoms with Crippen molar-refractivity contribution in [2.45, 2.75) is 26.0 Å². The Kier molecular flexibility index (Phi) is 4.93. The normalized spacial score (nSPS) is 12.5. The molecule has 0 aliphatic rings. The molecule has 0 heterocycles. The molecule has 0 atom stereocenters. The molecule has 17 heavy (non-hydrogen) atoms. The van der Waals surface area contributed by atoms with Crippen LogP contribution in [0.4, 0.5) is 0 Å². The van der Waals surface area contributed by atoms with Crippen LogP contribution in [0.3, 0.4) is 0 Å². The monoisotopic (exact) mass is 236 g/mol. The molecule has 5 N–H and O–H groups in total. The minimum atomic E-state index is -0.398. The molecule has 0 radical (unpaired) electrons. The zero-order valence-electron chi connectivity index (χ0n) is 10.3. The first-order valence-corrected chi connectivity index (χ1v) is 5.47. The van der Waals surface area contributed by atoms with Crippen molar-refractivity contribution in [3.8, 4) is 0 Å². The highest BCUT2D eigenvalue weighted by Gasteiger charge is 2.17. The van der Waals surface area contributed by atoms with Crippen LogP contribution in [-0.2, 0) is 11.3 Å². The Morgan fingerprint density at radius 3 is 2.59 bits per heavy atom. The third kappa shape index (κ3) is 5.33. The van der Waals surface area contributed by atoms with Gasteiger partial charge in [0, 0.05) is 0 Å². The molecule has 0 fully saturated rings. The van der Waals surface area contributed by atoms with E-state index in [1.807, 2.05) is 44.2 Å². The average Bonchev–Trinajstić information content (AvgIpc) is 2.29. The molecule has 0 aliphatic carbocycles. The number of hydrogen-bond donors (Lipinski definition) is 3. The quantitative estimate of drug-likeness (QED) is 0.305. The lowest BCUT2D eigenvalue weighted by molar-refractivity contribution is 0.0857. The summed E-state index contributed by atoms with van der Waals surface area (Å²) in [6.07, 6.45) is 0. The Morgan fingerprint density at radius 1 is 1.35 bits per heavy atom. The maximum Gasteiger partial charge on any atom is 0.203 e. The second-order valence-corrected chi connectivity index (χ2v) is 4.43. The SMILES string of the molecule is CC(C)(COCc1ccccc1)N=C(N)NN. The van der Waals surface area contributed by atoms with E-state index in [-0.39, 0.29) is 5.96 Å². The third-order valence-electron chi connectivity index (χ3n) is 2.14. The lowest BCUT2D eigenvalue weighted by Gasteiger charge is -2.20. The summed E-state index contributed by atoms with van der Waals surface area (Å²) >= 11 is 0. The first kappa shape index (κ1) is 13.5. The van der Waals surface area contributed by atoms with Crippen molar-refractivity contribution in [1.82, 2.24) is 5.43 Å². The van der Waals surface area contributed by atoms with Crippen LogP contribution in [0.1, 0.15) is 19.4 Å². The van der Waals surface area contributed by atoms with E-state index in [4.69, 9.17) is 16.3 Å². The van der Waals surface area contributed by atoms with Gasteiger partial charge in [0.05, 0.1) is 18.8 Å². The molecule has 0 saturated carbocycles. The maximum atomic E-state index is 5.60. The van der Waals surface area contributed by atoms with E-state index in [2.05, 4.69) is 10.4 Å². The summed E-state index contributed by atoms with van der Waals surface area (Å²) in [4.78, 5) is 4.19. The van der Waals surface area contributed by atoms with E-state index in [0.717, 1.165) is 5.56 Å². The first-order valence-electron chi connectivity index (χ1n) is 5.47. The van der Waals surface area contributed by atoms with Gasteiger partial charge >= 0.3 is 0 Å². The van der Waals surface area contributed by atoms with Gasteiger partial charge in [-0.25, -0.2) is 10.8 Å². The number of rotatable bonds is 5. The number of nitrogens with two attached hydrogens (primary N) is 2. The average molecular weight is 236 g/mol. The molecule has 0 aliphatic heterocycles. The van der Waals surface area contributed by atoms with Crippen molar-refractivity contribution in [3.63, 3.8) is 0 Å². The van der Waals surface area contributed by atoms with E-state index in [0.29, 0.717) is 13.2 Å². The smallest absolute Gasteiger partial charge is 0.203 e. The number of guanidine groups is 1. The van der Waals surface area contributed by atoms with Gasteiger partial charge in [0.1, 0.15) is 0 Å². The van der Waals surface area contributed by atoms with E-state index >= 15 is 0 Å². The Labute approximate surface area is 102 Å². The molecule has 1 aromatic rings. The Morgan fingerprint density at radius 2 is 2.00 bits per heavy atom. The first-order chi connectivity index (χ1) is 8.03. The number of nitrogens with zero attached hydrogens (tertiary/aromatic N) is 1. The second kappa shape index (κ2) is 6.22. The van der Waals surface area contributed by atoms with Crippen LogP contribution >= 0.6 is 0 Å². The third-order valence-corrected chi connectivity index (χ3v) is 2.14. The molecule has 94 valence electrons. The minimum absolute atomic E-state index is 0.207. The van der Waals surface area contributed by atoms with Crippen molar-refractivity contribution in [1.29, 1.82) is 0 Å². The fraction of sp³-hybridized carbons (Fsp3) is 0.417. The predicted molar refractivity (Wildman–Crippen MR) is 69.1 cm³/mol. The van der Waals surface area contributed by atoms with Crippen molar-refractivity contribution in [3.05, 3.63) is 35.9 Å². The number of hydrazine groups is 1. The summed E-state index contributed by atoms with van der Waals surface area (Å²) in [6, 6.07) is 9.99. The number of hydrogen-bond acceptors (Lipinski definition) is 3. The summed E-state index contributed by atoms with van der Waals surface area (Å²) in [7, 11) is 0. The van der Waals surface area contributed by atoms with Gasteiger partial charge in [0.15, 0.2) is 0 Å². The lowest BCUT2D eigenvalue weighted by atomic mass is 10.1. The van der Waals surface area contributed by atoms with E-state index in [1.54, 1.807) is 0 Å². The number of aliphatic imine (C=N–C) groups is 1. The molecule has 1 rings (SSSR count). The van der Waals surface area contributed by atoms with E-state index < -0.39 is 5.54 Å². The van der Waals surface area contributed by atoms with Crippen LogP contribution in [0.15, 0.2) is 35.3 Å². The van der Waals surface area contributed by atoms with Crippen LogP contribution in [-0.4, -0.2) is 18.1 Å². The van der Waals surface area contributed by atoms with Gasteiger partial charge in [-0.15, -0.1) is 0 Å². The summed E-state index contributed by atoms with van der Waals surface area (Å²) in [5.74, 6) is 5.36. The molecule has 0 aromatic heterocycles. The second-order valence-electron chi connectivity index (χ2n) is 4.43. The highest BCUT2D eigenvalue weighted by molar-refractivity contribution is 5.77.